The number of carbonyl (C=O) groups is 2. The summed E-state index contributed by atoms with van der Waals surface area (Å²) < 4.78 is 7.51. The molecule has 35 heavy (non-hydrogen) atoms. The quantitative estimate of drug-likeness (QED) is 0.236. The van der Waals surface area contributed by atoms with E-state index in [1.54, 1.807) is 35.0 Å². The Bertz CT molecular complexity index is 1190. The van der Waals surface area contributed by atoms with Gasteiger partial charge in [0, 0.05) is 29.9 Å². The first-order chi connectivity index (χ1) is 17.0. The van der Waals surface area contributed by atoms with Crippen molar-refractivity contribution in [2.45, 2.75) is 50.7 Å². The molecule has 0 bridgehead atoms. The van der Waals surface area contributed by atoms with Crippen LogP contribution >= 0.6 is 11.8 Å². The zero-order valence-corrected chi connectivity index (χ0v) is 20.9. The van der Waals surface area contributed by atoms with E-state index < -0.39 is 0 Å². The summed E-state index contributed by atoms with van der Waals surface area (Å²) in [6.45, 7) is 4.75. The number of carbonyl (C=O) groups excluding carboxylic acids is 2. The summed E-state index contributed by atoms with van der Waals surface area (Å²) in [5, 5.41) is 14.9. The SMILES string of the molecule is CCNC(=O)c1ccc(-n2nnc(C(=O)NC3CC3)c2CCCOc2cc(C)nc(SC)n2)cc1. The number of hydrogen-bond acceptors (Lipinski definition) is 8. The molecule has 10 nitrogen and oxygen atoms in total. The Morgan fingerprint density at radius 3 is 2.63 bits per heavy atom. The van der Waals surface area contributed by atoms with Gasteiger partial charge in [-0.1, -0.05) is 17.0 Å². The molecule has 184 valence electrons. The van der Waals surface area contributed by atoms with Crippen LogP contribution in [0.5, 0.6) is 5.88 Å². The fraction of sp³-hybridized carbons (Fsp3) is 0.417. The van der Waals surface area contributed by atoms with Gasteiger partial charge < -0.3 is 15.4 Å². The molecular formula is C24H29N7O3S. The highest BCUT2D eigenvalue weighted by molar-refractivity contribution is 7.98. The first-order valence-electron chi connectivity index (χ1n) is 11.6. The van der Waals surface area contributed by atoms with Gasteiger partial charge in [0.1, 0.15) is 0 Å². The van der Waals surface area contributed by atoms with Gasteiger partial charge in [-0.05, 0) is 70.1 Å². The average Bonchev–Trinajstić information content (AvgIpc) is 3.57. The molecule has 3 aromatic rings. The Labute approximate surface area is 208 Å². The minimum Gasteiger partial charge on any atom is -0.478 e. The van der Waals surface area contributed by atoms with Gasteiger partial charge in [-0.15, -0.1) is 5.10 Å². The number of amides is 2. The lowest BCUT2D eigenvalue weighted by Crippen LogP contribution is -2.27. The molecule has 4 rings (SSSR count). The van der Waals surface area contributed by atoms with E-state index in [4.69, 9.17) is 4.74 Å². The highest BCUT2D eigenvalue weighted by Crippen LogP contribution is 2.21. The summed E-state index contributed by atoms with van der Waals surface area (Å²) in [6, 6.07) is 9.09. The number of nitrogens with one attached hydrogen (secondary N) is 2. The van der Waals surface area contributed by atoms with Gasteiger partial charge in [-0.25, -0.2) is 9.67 Å². The third kappa shape index (κ3) is 6.36. The average molecular weight is 496 g/mol. The molecule has 2 N–H and O–H groups in total. The van der Waals surface area contributed by atoms with Gasteiger partial charge in [-0.3, -0.25) is 9.59 Å². The molecule has 11 heteroatoms. The van der Waals surface area contributed by atoms with Crippen LogP contribution in [0.25, 0.3) is 5.69 Å². The standard InChI is InChI=1S/C24H29N7O3S/c1-4-25-22(32)16-7-11-18(12-8-16)31-19(21(29-30-31)23(33)27-17-9-10-17)6-5-13-34-20-14-15(2)26-24(28-20)35-3/h7-8,11-12,14,17H,4-6,9-10,13H2,1-3H3,(H,25,32)(H,27,33). The molecule has 0 radical (unpaired) electrons. The molecule has 0 spiro atoms. The molecule has 2 aromatic heterocycles. The van der Waals surface area contributed by atoms with E-state index in [1.807, 2.05) is 20.1 Å². The molecule has 0 atom stereocenters. The Morgan fingerprint density at radius 2 is 1.94 bits per heavy atom. The number of aryl methyl sites for hydroxylation is 1. The zero-order chi connectivity index (χ0) is 24.8. The topological polar surface area (TPSA) is 124 Å². The fourth-order valence-corrected chi connectivity index (χ4v) is 3.92. The third-order valence-electron chi connectivity index (χ3n) is 5.40. The molecule has 1 saturated carbocycles. The van der Waals surface area contributed by atoms with E-state index in [0.29, 0.717) is 54.0 Å². The molecule has 0 aliphatic heterocycles. The van der Waals surface area contributed by atoms with E-state index >= 15 is 0 Å². The van der Waals surface area contributed by atoms with Crippen molar-refractivity contribution in [1.29, 1.82) is 0 Å². The largest absolute Gasteiger partial charge is 0.478 e. The number of nitrogens with zero attached hydrogens (tertiary/aromatic N) is 5. The van der Waals surface area contributed by atoms with Crippen LogP contribution in [0.15, 0.2) is 35.5 Å². The number of hydrogen-bond donors (Lipinski definition) is 2. The second kappa shape index (κ2) is 11.3. The molecule has 0 saturated heterocycles. The summed E-state index contributed by atoms with van der Waals surface area (Å²) in [6.07, 6.45) is 5.05. The predicted octanol–water partition coefficient (Wildman–Crippen LogP) is 2.74. The van der Waals surface area contributed by atoms with Crippen molar-refractivity contribution in [2.75, 3.05) is 19.4 Å². The lowest BCUT2D eigenvalue weighted by molar-refractivity contribution is 0.0940. The van der Waals surface area contributed by atoms with E-state index in [9.17, 15) is 9.59 Å². The van der Waals surface area contributed by atoms with Crippen molar-refractivity contribution < 1.29 is 14.3 Å². The van der Waals surface area contributed by atoms with Crippen LogP contribution in [0.3, 0.4) is 0 Å². The smallest absolute Gasteiger partial charge is 0.273 e. The summed E-state index contributed by atoms with van der Waals surface area (Å²) in [4.78, 5) is 33.6. The number of benzene rings is 1. The van der Waals surface area contributed by atoms with Gasteiger partial charge in [0.05, 0.1) is 18.0 Å². The van der Waals surface area contributed by atoms with Crippen LogP contribution in [-0.2, 0) is 6.42 Å². The van der Waals surface area contributed by atoms with E-state index in [0.717, 1.165) is 24.2 Å². The van der Waals surface area contributed by atoms with Crippen molar-refractivity contribution in [3.05, 3.63) is 53.0 Å². The van der Waals surface area contributed by atoms with Crippen LogP contribution in [0.1, 0.15) is 58.4 Å². The van der Waals surface area contributed by atoms with Crippen LogP contribution in [-0.4, -0.2) is 62.2 Å². The molecule has 2 heterocycles. The first-order valence-corrected chi connectivity index (χ1v) is 12.9. The number of aromatic nitrogens is 5. The van der Waals surface area contributed by atoms with Crippen molar-refractivity contribution >= 4 is 23.6 Å². The lowest BCUT2D eigenvalue weighted by atomic mass is 10.1. The minimum atomic E-state index is -0.218. The molecule has 2 amide bonds. The van der Waals surface area contributed by atoms with Crippen molar-refractivity contribution in [3.63, 3.8) is 0 Å². The summed E-state index contributed by atoms with van der Waals surface area (Å²) in [5.74, 6) is 0.176. The summed E-state index contributed by atoms with van der Waals surface area (Å²) >= 11 is 1.46. The lowest BCUT2D eigenvalue weighted by Gasteiger charge is -2.10. The minimum absolute atomic E-state index is 0.135. The van der Waals surface area contributed by atoms with Crippen molar-refractivity contribution in [1.82, 2.24) is 35.6 Å². The van der Waals surface area contributed by atoms with Crippen molar-refractivity contribution in [3.8, 4) is 11.6 Å². The van der Waals surface area contributed by atoms with Gasteiger partial charge in [0.25, 0.3) is 11.8 Å². The van der Waals surface area contributed by atoms with Crippen LogP contribution < -0.4 is 15.4 Å². The highest BCUT2D eigenvalue weighted by atomic mass is 32.2. The highest BCUT2D eigenvalue weighted by Gasteiger charge is 2.27. The first kappa shape index (κ1) is 24.6. The number of rotatable bonds is 11. The third-order valence-corrected chi connectivity index (χ3v) is 5.95. The second-order valence-electron chi connectivity index (χ2n) is 8.24. The van der Waals surface area contributed by atoms with Gasteiger partial charge >= 0.3 is 0 Å². The molecule has 1 aromatic carbocycles. The molecule has 1 fully saturated rings. The van der Waals surface area contributed by atoms with E-state index in [-0.39, 0.29) is 17.9 Å². The summed E-state index contributed by atoms with van der Waals surface area (Å²) in [7, 11) is 0. The fourth-order valence-electron chi connectivity index (χ4n) is 3.50. The number of ether oxygens (including phenoxy) is 1. The monoisotopic (exact) mass is 495 g/mol. The van der Waals surface area contributed by atoms with Gasteiger partial charge in [0.15, 0.2) is 10.9 Å². The Hall–Kier alpha value is -3.47. The molecule has 1 aliphatic carbocycles. The van der Waals surface area contributed by atoms with Crippen molar-refractivity contribution in [2.24, 2.45) is 0 Å². The van der Waals surface area contributed by atoms with Crippen LogP contribution in [0.2, 0.25) is 0 Å². The molecule has 0 unspecified atom stereocenters. The number of thioether (sulfide) groups is 1. The molecular weight excluding hydrogens is 466 g/mol. The maximum Gasteiger partial charge on any atom is 0.273 e. The van der Waals surface area contributed by atoms with E-state index in [1.165, 1.54) is 11.8 Å². The maximum atomic E-state index is 12.8. The van der Waals surface area contributed by atoms with E-state index in [2.05, 4.69) is 30.9 Å². The Kier molecular flexibility index (Phi) is 7.96. The normalized spacial score (nSPS) is 12.9. The maximum absolute atomic E-state index is 12.8. The Balaban J connectivity index is 1.50. The zero-order valence-electron chi connectivity index (χ0n) is 20.1. The second-order valence-corrected chi connectivity index (χ2v) is 9.01. The van der Waals surface area contributed by atoms with Crippen LogP contribution in [0.4, 0.5) is 0 Å². The van der Waals surface area contributed by atoms with Crippen LogP contribution in [0, 0.1) is 6.92 Å². The van der Waals surface area contributed by atoms with Gasteiger partial charge in [-0.2, -0.15) is 4.98 Å². The predicted molar refractivity (Wildman–Crippen MR) is 132 cm³/mol. The van der Waals surface area contributed by atoms with Gasteiger partial charge in [0.2, 0.25) is 5.88 Å². The summed E-state index contributed by atoms with van der Waals surface area (Å²) in [5.41, 5.74) is 3.13. The Morgan fingerprint density at radius 1 is 1.17 bits per heavy atom. The molecule has 1 aliphatic rings.